The molecule has 0 amide bonds. The average molecular weight is 194 g/mol. The van der Waals surface area contributed by atoms with E-state index in [2.05, 4.69) is 35.5 Å². The molecule has 0 spiro atoms. The third-order valence-electron chi connectivity index (χ3n) is 4.95. The van der Waals surface area contributed by atoms with E-state index in [0.717, 1.165) is 17.8 Å². The van der Waals surface area contributed by atoms with Crippen LogP contribution in [0.5, 0.6) is 0 Å². The molecule has 0 aromatic heterocycles. The third-order valence-corrected chi connectivity index (χ3v) is 4.95. The molecule has 0 N–H and O–H groups in total. The molecule has 0 nitrogen and oxygen atoms in total. The summed E-state index contributed by atoms with van der Waals surface area (Å²) in [6.45, 7) is 9.70. The van der Waals surface area contributed by atoms with Gasteiger partial charge < -0.3 is 0 Å². The molecule has 0 bridgehead atoms. The Hall–Kier alpha value is 0.0649. The van der Waals surface area contributed by atoms with Crippen molar-refractivity contribution in [1.82, 2.24) is 0 Å². The largest absolute Gasteiger partial charge is 0.110 e. The molecule has 0 heterocycles. The molecule has 1 saturated carbocycles. The quantitative estimate of drug-likeness (QED) is 0.558. The van der Waals surface area contributed by atoms with Crippen LogP contribution in [0.1, 0.15) is 59.8 Å². The second-order valence-corrected chi connectivity index (χ2v) is 6.14. The van der Waals surface area contributed by atoms with Gasteiger partial charge in [-0.3, -0.25) is 0 Å². The minimum Gasteiger partial charge on any atom is -0.0629 e. The first-order chi connectivity index (χ1) is 6.47. The van der Waals surface area contributed by atoms with Crippen LogP contribution in [0.25, 0.3) is 0 Å². The zero-order chi connectivity index (χ0) is 10.8. The normalized spacial score (nSPS) is 40.6. The van der Waals surface area contributed by atoms with Crippen LogP contribution in [0, 0.1) is 17.8 Å². The summed E-state index contributed by atoms with van der Waals surface area (Å²) in [6, 6.07) is 0. The van der Waals surface area contributed by atoms with Crippen molar-refractivity contribution in [3.05, 3.63) is 0 Å². The Morgan fingerprint density at radius 2 is 1.79 bits per heavy atom. The highest BCUT2D eigenvalue weighted by atomic mass is 14.4. The van der Waals surface area contributed by atoms with Crippen molar-refractivity contribution in [2.24, 2.45) is 17.8 Å². The van der Waals surface area contributed by atoms with Crippen LogP contribution in [-0.2, 0) is 0 Å². The topological polar surface area (TPSA) is 0 Å². The lowest BCUT2D eigenvalue weighted by Gasteiger charge is -2.42. The van der Waals surface area contributed by atoms with E-state index in [9.17, 15) is 0 Å². The molecule has 1 aliphatic carbocycles. The van der Waals surface area contributed by atoms with Crippen LogP contribution < -0.4 is 0 Å². The van der Waals surface area contributed by atoms with Crippen molar-refractivity contribution < 1.29 is 0 Å². The van der Waals surface area contributed by atoms with Gasteiger partial charge in [-0.2, -0.15) is 0 Å². The first-order valence-corrected chi connectivity index (χ1v) is 6.47. The fourth-order valence-electron chi connectivity index (χ4n) is 2.94. The molecule has 0 aromatic carbocycles. The molecule has 1 aliphatic rings. The van der Waals surface area contributed by atoms with Crippen molar-refractivity contribution in [3.8, 4) is 0 Å². The highest BCUT2D eigenvalue weighted by Crippen LogP contribution is 2.48. The van der Waals surface area contributed by atoms with Gasteiger partial charge in [-0.1, -0.05) is 65.1 Å². The zero-order valence-electron chi connectivity index (χ0n) is 10.8. The molecule has 82 valence electrons. The van der Waals surface area contributed by atoms with E-state index in [1.807, 2.05) is 0 Å². The number of hydrogen-bond donors (Lipinski definition) is 0. The van der Waals surface area contributed by atoms with Crippen molar-refractivity contribution in [1.29, 1.82) is 0 Å². The maximum absolute atomic E-state index is 2.51. The van der Waals surface area contributed by atoms with E-state index in [4.69, 9.17) is 0 Å². The van der Waals surface area contributed by atoms with Crippen molar-refractivity contribution in [2.75, 3.05) is 0 Å². The van der Waals surface area contributed by atoms with E-state index in [1.165, 1.54) is 32.1 Å². The summed E-state index contributed by atoms with van der Waals surface area (Å²) in [4.78, 5) is 0. The number of hydrogen-bond acceptors (Lipinski definition) is 0. The van der Waals surface area contributed by atoms with E-state index in [0.29, 0.717) is 5.31 Å². The lowest BCUT2D eigenvalue weighted by Crippen LogP contribution is -2.29. The predicted octanol–water partition coefficient (Wildman–Crippen LogP) is 3.67. The predicted molar refractivity (Wildman–Crippen MR) is 67.5 cm³/mol. The highest BCUT2D eigenvalue weighted by Gasteiger charge is 2.34. The molecule has 1 fully saturated rings. The van der Waals surface area contributed by atoms with Crippen LogP contribution in [0.15, 0.2) is 0 Å². The van der Waals surface area contributed by atoms with Crippen molar-refractivity contribution >= 4 is 7.85 Å². The molecule has 0 radical (unpaired) electrons. The van der Waals surface area contributed by atoms with Gasteiger partial charge in [0.05, 0.1) is 0 Å². The molecule has 1 heteroatoms. The zero-order valence-corrected chi connectivity index (χ0v) is 10.8. The molecular formula is C13H27B. The van der Waals surface area contributed by atoms with Gasteiger partial charge in [-0.15, -0.1) is 0 Å². The van der Waals surface area contributed by atoms with Gasteiger partial charge in [0.1, 0.15) is 7.85 Å². The second kappa shape index (κ2) is 4.72. The van der Waals surface area contributed by atoms with Gasteiger partial charge in [0, 0.05) is 0 Å². The van der Waals surface area contributed by atoms with Gasteiger partial charge in [0.15, 0.2) is 0 Å². The number of rotatable bonds is 1. The van der Waals surface area contributed by atoms with Crippen LogP contribution >= 0.6 is 0 Å². The summed E-state index contributed by atoms with van der Waals surface area (Å²) in [6.07, 6.45) is 7.23. The third kappa shape index (κ3) is 2.55. The summed E-state index contributed by atoms with van der Waals surface area (Å²) in [5.74, 6) is 2.71. The Morgan fingerprint density at radius 1 is 1.14 bits per heavy atom. The summed E-state index contributed by atoms with van der Waals surface area (Å²) in [5.41, 5.74) is 0. The summed E-state index contributed by atoms with van der Waals surface area (Å²) >= 11 is 0. The van der Waals surface area contributed by atoms with Gasteiger partial charge in [-0.05, 0) is 17.8 Å². The molecule has 0 aliphatic heterocycles. The maximum atomic E-state index is 2.51. The average Bonchev–Trinajstić information content (AvgIpc) is 2.11. The summed E-state index contributed by atoms with van der Waals surface area (Å²) in [5, 5.41) is 0.597. The van der Waals surface area contributed by atoms with Crippen molar-refractivity contribution in [3.63, 3.8) is 0 Å². The van der Waals surface area contributed by atoms with Gasteiger partial charge >= 0.3 is 0 Å². The fourth-order valence-corrected chi connectivity index (χ4v) is 2.94. The molecule has 1 rings (SSSR count). The Labute approximate surface area is 91.3 Å². The van der Waals surface area contributed by atoms with E-state index < -0.39 is 0 Å². The molecule has 0 aromatic rings. The van der Waals surface area contributed by atoms with Gasteiger partial charge in [0.25, 0.3) is 0 Å². The molecule has 3 atom stereocenters. The Morgan fingerprint density at radius 3 is 2.36 bits per heavy atom. The smallest absolute Gasteiger partial charge is 0.0629 e. The van der Waals surface area contributed by atoms with Crippen LogP contribution in [0.4, 0.5) is 0 Å². The minimum atomic E-state index is 0.597. The summed E-state index contributed by atoms with van der Waals surface area (Å²) < 4.78 is 0. The van der Waals surface area contributed by atoms with Crippen LogP contribution in [-0.4, -0.2) is 7.85 Å². The Balaban J connectivity index is 2.66. The second-order valence-electron chi connectivity index (χ2n) is 6.14. The first-order valence-electron chi connectivity index (χ1n) is 6.47. The van der Waals surface area contributed by atoms with E-state index in [-0.39, 0.29) is 0 Å². The lowest BCUT2D eigenvalue weighted by atomic mass is 9.51. The summed E-state index contributed by atoms with van der Waals surface area (Å²) in [7, 11) is 2.51. The van der Waals surface area contributed by atoms with Crippen LogP contribution in [0.3, 0.4) is 0 Å². The lowest BCUT2D eigenvalue weighted by molar-refractivity contribution is 0.217. The van der Waals surface area contributed by atoms with Gasteiger partial charge in [-0.25, -0.2) is 0 Å². The Kier molecular flexibility index (Phi) is 4.09. The standard InChI is InChI=1S/C13H27B/c1-10(2)13(14)9-5-6-11(3)7-8-12(13)4/h10-12H,5-9,14H2,1-4H3. The minimum absolute atomic E-state index is 0.597. The molecule has 14 heavy (non-hydrogen) atoms. The monoisotopic (exact) mass is 194 g/mol. The SMILES string of the molecule is BC1(C(C)C)CCCC(C)CCC1C. The Bertz CT molecular complexity index is 176. The van der Waals surface area contributed by atoms with Gasteiger partial charge in [0.2, 0.25) is 0 Å². The van der Waals surface area contributed by atoms with Crippen LogP contribution in [0.2, 0.25) is 5.31 Å². The van der Waals surface area contributed by atoms with Crippen molar-refractivity contribution in [2.45, 2.75) is 65.1 Å². The molecular weight excluding hydrogens is 167 g/mol. The highest BCUT2D eigenvalue weighted by molar-refractivity contribution is 6.15. The molecule has 0 saturated heterocycles. The van der Waals surface area contributed by atoms with E-state index >= 15 is 0 Å². The fraction of sp³-hybridized carbons (Fsp3) is 1.00. The first kappa shape index (κ1) is 12.1. The van der Waals surface area contributed by atoms with E-state index in [1.54, 1.807) is 0 Å². The maximum Gasteiger partial charge on any atom is 0.110 e. The molecule has 3 unspecified atom stereocenters.